The highest BCUT2D eigenvalue weighted by atomic mass is 19.3. The topological polar surface area (TPSA) is 105 Å². The van der Waals surface area contributed by atoms with Gasteiger partial charge in [-0.05, 0) is 48.7 Å². The van der Waals surface area contributed by atoms with Gasteiger partial charge in [-0.2, -0.15) is 8.78 Å². The van der Waals surface area contributed by atoms with Gasteiger partial charge in [0.1, 0.15) is 11.5 Å². The number of ether oxygens (including phenoxy) is 1. The Labute approximate surface area is 190 Å². The van der Waals surface area contributed by atoms with Crippen LogP contribution in [0.25, 0.3) is 11.1 Å². The first-order valence-electron chi connectivity index (χ1n) is 10.4. The third-order valence-corrected chi connectivity index (χ3v) is 5.01. The van der Waals surface area contributed by atoms with Crippen LogP contribution in [0.1, 0.15) is 31.2 Å². The molecule has 0 spiro atoms. The zero-order chi connectivity index (χ0) is 23.8. The smallest absolute Gasteiger partial charge is 0.387 e. The Morgan fingerprint density at radius 2 is 1.67 bits per heavy atom. The summed E-state index contributed by atoms with van der Waals surface area (Å²) in [6.07, 6.45) is 3.20. The maximum atomic E-state index is 12.3. The summed E-state index contributed by atoms with van der Waals surface area (Å²) in [5.74, 6) is -0.321. The second-order valence-electron chi connectivity index (χ2n) is 7.53. The molecule has 33 heavy (non-hydrogen) atoms. The third-order valence-electron chi connectivity index (χ3n) is 5.01. The zero-order valence-electron chi connectivity index (χ0n) is 18.0. The van der Waals surface area contributed by atoms with E-state index < -0.39 is 18.6 Å². The highest BCUT2D eigenvalue weighted by Crippen LogP contribution is 2.25. The predicted octanol–water partition coefficient (Wildman–Crippen LogP) is 4.29. The van der Waals surface area contributed by atoms with Gasteiger partial charge in [-0.1, -0.05) is 24.3 Å². The second-order valence-corrected chi connectivity index (χ2v) is 7.53. The Balaban J connectivity index is 1.62. The fourth-order valence-corrected chi connectivity index (χ4v) is 3.22. The van der Waals surface area contributed by atoms with Crippen LogP contribution in [-0.2, 0) is 4.79 Å². The van der Waals surface area contributed by atoms with Crippen LogP contribution in [0.2, 0.25) is 0 Å². The van der Waals surface area contributed by atoms with E-state index in [0.29, 0.717) is 29.2 Å². The number of rotatable bonds is 11. The monoisotopic (exact) mass is 457 g/mol. The molecule has 174 valence electrons. The number of halogens is 2. The average molecular weight is 457 g/mol. The van der Waals surface area contributed by atoms with Crippen molar-refractivity contribution in [2.24, 2.45) is 0 Å². The molecule has 3 rings (SSSR count). The van der Waals surface area contributed by atoms with Gasteiger partial charge in [0.15, 0.2) is 0 Å². The number of benzene rings is 2. The van der Waals surface area contributed by atoms with E-state index in [4.69, 9.17) is 0 Å². The lowest BCUT2D eigenvalue weighted by atomic mass is 9.92. The number of nitrogens with zero attached hydrogens (tertiary/aromatic N) is 2. The molecule has 0 saturated heterocycles. The number of ketones is 1. The first kappa shape index (κ1) is 24.2. The largest absolute Gasteiger partial charge is 0.435 e. The number of hydrogen-bond acceptors (Lipinski definition) is 7. The Bertz CT molecular complexity index is 1030. The molecule has 0 aliphatic carbocycles. The number of anilines is 2. The number of carbonyl (C=O) groups is 1. The molecule has 9 heteroatoms. The average Bonchev–Trinajstić information content (AvgIpc) is 2.80. The van der Waals surface area contributed by atoms with Crippen molar-refractivity contribution >= 4 is 17.4 Å². The van der Waals surface area contributed by atoms with Crippen LogP contribution in [0.15, 0.2) is 60.9 Å². The van der Waals surface area contributed by atoms with Crippen LogP contribution in [0.4, 0.5) is 20.4 Å². The summed E-state index contributed by atoms with van der Waals surface area (Å²) in [4.78, 5) is 20.9. The summed E-state index contributed by atoms with van der Waals surface area (Å²) in [6.45, 7) is -1.55. The zero-order valence-corrected chi connectivity index (χ0v) is 18.0. The van der Waals surface area contributed by atoms with Crippen LogP contribution < -0.4 is 10.1 Å². The molecule has 3 N–H and O–H groups in total. The molecule has 1 heterocycles. The van der Waals surface area contributed by atoms with Crippen LogP contribution in [0, 0.1) is 0 Å². The van der Waals surface area contributed by atoms with E-state index in [2.05, 4.69) is 20.0 Å². The second kappa shape index (κ2) is 11.4. The normalized spacial score (nSPS) is 12.9. The molecule has 2 aromatic carbocycles. The molecular weight excluding hydrogens is 432 g/mol. The van der Waals surface area contributed by atoms with Gasteiger partial charge >= 0.3 is 6.61 Å². The summed E-state index contributed by atoms with van der Waals surface area (Å²) in [5, 5.41) is 22.1. The maximum absolute atomic E-state index is 12.3. The maximum Gasteiger partial charge on any atom is 0.387 e. The molecule has 0 fully saturated rings. The van der Waals surface area contributed by atoms with Crippen LogP contribution in [-0.4, -0.2) is 45.3 Å². The van der Waals surface area contributed by atoms with Gasteiger partial charge in [-0.25, -0.2) is 9.97 Å². The van der Waals surface area contributed by atoms with Gasteiger partial charge in [-0.3, -0.25) is 4.79 Å². The molecule has 0 radical (unpaired) electrons. The van der Waals surface area contributed by atoms with E-state index in [1.54, 1.807) is 55.7 Å². The molecule has 3 aromatic rings. The highest BCUT2D eigenvalue weighted by Gasteiger charge is 2.20. The number of hydrogen-bond donors (Lipinski definition) is 3. The molecule has 0 bridgehead atoms. The summed E-state index contributed by atoms with van der Waals surface area (Å²) in [7, 11) is 0. The Hall–Kier alpha value is -3.43. The van der Waals surface area contributed by atoms with Crippen molar-refractivity contribution in [1.82, 2.24) is 9.97 Å². The number of aromatic nitrogens is 2. The van der Waals surface area contributed by atoms with Gasteiger partial charge < -0.3 is 20.3 Å². The van der Waals surface area contributed by atoms with E-state index in [1.807, 2.05) is 0 Å². The minimum absolute atomic E-state index is 0.0736. The van der Waals surface area contributed by atoms with Crippen LogP contribution in [0.3, 0.4) is 0 Å². The van der Waals surface area contributed by atoms with Gasteiger partial charge in [-0.15, -0.1) is 0 Å². The van der Waals surface area contributed by atoms with Gasteiger partial charge in [0.25, 0.3) is 0 Å². The lowest BCUT2D eigenvalue weighted by Gasteiger charge is -2.15. The number of aliphatic hydroxyl groups excluding tert-OH is 2. The van der Waals surface area contributed by atoms with E-state index in [0.717, 1.165) is 5.56 Å². The first-order valence-corrected chi connectivity index (χ1v) is 10.4. The molecule has 7 nitrogen and oxygen atoms in total. The molecular formula is C24H25F2N3O4. The van der Waals surface area contributed by atoms with E-state index in [9.17, 15) is 23.8 Å². The quantitative estimate of drug-likeness (QED) is 0.394. The SMILES string of the molecule is C[C@H](O)CCC(=O)C(CO)c1ccc(Nc2ncc(-c3ccc(OC(F)F)cc3)cn2)cc1. The lowest BCUT2D eigenvalue weighted by Crippen LogP contribution is -2.18. The summed E-state index contributed by atoms with van der Waals surface area (Å²) in [5.41, 5.74) is 2.85. The van der Waals surface area contributed by atoms with Crippen molar-refractivity contribution < 1.29 is 28.5 Å². The first-order chi connectivity index (χ1) is 15.9. The molecule has 0 amide bonds. The van der Waals surface area contributed by atoms with Gasteiger partial charge in [0.05, 0.1) is 18.6 Å². The fraction of sp³-hybridized carbons (Fsp3) is 0.292. The standard InChI is InChI=1S/C24H25F2N3O4/c1-15(31)2-11-22(32)21(14-30)17-3-7-19(8-4-17)29-24-27-12-18(13-28-24)16-5-9-20(10-6-16)33-23(25)26/h3-10,12-13,15,21,23,30-31H,2,11,14H2,1H3,(H,27,28,29)/t15-,21?/m0/s1. The molecule has 0 aliphatic rings. The van der Waals surface area contributed by atoms with Crippen molar-refractivity contribution in [1.29, 1.82) is 0 Å². The Morgan fingerprint density at radius 3 is 2.21 bits per heavy atom. The van der Waals surface area contributed by atoms with Crippen LogP contribution in [0.5, 0.6) is 5.75 Å². The third kappa shape index (κ3) is 7.03. The van der Waals surface area contributed by atoms with Crippen molar-refractivity contribution in [3.63, 3.8) is 0 Å². The molecule has 0 saturated carbocycles. The number of alkyl halides is 2. The summed E-state index contributed by atoms with van der Waals surface area (Å²) < 4.78 is 28.9. The highest BCUT2D eigenvalue weighted by molar-refractivity contribution is 5.86. The van der Waals surface area contributed by atoms with E-state index >= 15 is 0 Å². The van der Waals surface area contributed by atoms with Crippen molar-refractivity contribution in [2.75, 3.05) is 11.9 Å². The predicted molar refractivity (Wildman–Crippen MR) is 120 cm³/mol. The van der Waals surface area contributed by atoms with Gasteiger partial charge in [0.2, 0.25) is 5.95 Å². The molecule has 1 aromatic heterocycles. The fourth-order valence-electron chi connectivity index (χ4n) is 3.22. The molecule has 2 atom stereocenters. The van der Waals surface area contributed by atoms with E-state index in [-0.39, 0.29) is 24.6 Å². The lowest BCUT2D eigenvalue weighted by molar-refractivity contribution is -0.121. The van der Waals surface area contributed by atoms with Gasteiger partial charge in [0, 0.05) is 30.1 Å². The summed E-state index contributed by atoms with van der Waals surface area (Å²) in [6, 6.07) is 13.2. The molecule has 1 unspecified atom stereocenters. The number of Topliss-reactive ketones (excluding diaryl/α,β-unsaturated/α-hetero) is 1. The number of nitrogens with one attached hydrogen (secondary N) is 1. The summed E-state index contributed by atoms with van der Waals surface area (Å²) >= 11 is 0. The minimum atomic E-state index is -2.87. The molecule has 0 aliphatic heterocycles. The van der Waals surface area contributed by atoms with Crippen molar-refractivity contribution in [3.05, 3.63) is 66.5 Å². The van der Waals surface area contributed by atoms with E-state index in [1.165, 1.54) is 12.1 Å². The van der Waals surface area contributed by atoms with Crippen molar-refractivity contribution in [3.8, 4) is 16.9 Å². The Kier molecular flexibility index (Phi) is 8.39. The van der Waals surface area contributed by atoms with Crippen molar-refractivity contribution in [2.45, 2.75) is 38.4 Å². The Morgan fingerprint density at radius 1 is 1.03 bits per heavy atom. The minimum Gasteiger partial charge on any atom is -0.435 e. The van der Waals surface area contributed by atoms with Crippen LogP contribution >= 0.6 is 0 Å². The number of carbonyl (C=O) groups excluding carboxylic acids is 1. The number of aliphatic hydroxyl groups is 2.